The molecule has 1 fully saturated rings. The third-order valence-electron chi connectivity index (χ3n) is 4.05. The van der Waals surface area contributed by atoms with Crippen molar-refractivity contribution in [3.05, 3.63) is 0 Å². The lowest BCUT2D eigenvalue weighted by Crippen LogP contribution is -2.36. The molecule has 0 saturated heterocycles. The Morgan fingerprint density at radius 2 is 1.83 bits per heavy atom. The maximum absolute atomic E-state index is 12.1. The monoisotopic (exact) mass is 302 g/mol. The van der Waals surface area contributed by atoms with Crippen molar-refractivity contribution in [1.29, 1.82) is 0 Å². The molecule has 5 heteroatoms. The molecule has 0 aromatic carbocycles. The van der Waals surface area contributed by atoms with E-state index in [9.17, 15) is 13.2 Å². The van der Waals surface area contributed by atoms with Crippen molar-refractivity contribution in [3.8, 4) is 0 Å². The Bertz CT molecular complexity index is 265. The van der Waals surface area contributed by atoms with E-state index >= 15 is 0 Å². The van der Waals surface area contributed by atoms with Gasteiger partial charge in [-0.3, -0.25) is 0 Å². The molecule has 0 nitrogen and oxygen atoms in total. The van der Waals surface area contributed by atoms with Crippen LogP contribution in [0.15, 0.2) is 0 Å². The molecule has 18 heavy (non-hydrogen) atoms. The molecule has 0 aromatic rings. The Morgan fingerprint density at radius 3 is 2.33 bits per heavy atom. The molecular formula is C13H22ClF3S. The molecule has 0 spiro atoms. The first-order valence-corrected chi connectivity index (χ1v) is 7.89. The highest BCUT2D eigenvalue weighted by atomic mass is 35.5. The van der Waals surface area contributed by atoms with Gasteiger partial charge in [0.05, 0.1) is 0 Å². The quantitative estimate of drug-likeness (QED) is 0.600. The van der Waals surface area contributed by atoms with Crippen LogP contribution >= 0.6 is 23.4 Å². The minimum absolute atomic E-state index is 0.0831. The van der Waals surface area contributed by atoms with Crippen molar-refractivity contribution in [2.24, 2.45) is 17.3 Å². The van der Waals surface area contributed by atoms with Crippen LogP contribution in [-0.4, -0.2) is 16.6 Å². The first-order valence-electron chi connectivity index (χ1n) is 6.46. The predicted molar refractivity (Wildman–Crippen MR) is 73.1 cm³/mol. The normalized spacial score (nSPS) is 30.5. The third-order valence-corrected chi connectivity index (χ3v) is 5.27. The highest BCUT2D eigenvalue weighted by Gasteiger charge is 2.38. The van der Waals surface area contributed by atoms with Crippen molar-refractivity contribution in [3.63, 3.8) is 0 Å². The van der Waals surface area contributed by atoms with Gasteiger partial charge in [-0.1, -0.05) is 39.0 Å². The molecule has 3 unspecified atom stereocenters. The zero-order valence-corrected chi connectivity index (χ0v) is 12.8. The summed E-state index contributed by atoms with van der Waals surface area (Å²) < 4.78 is 36.4. The molecule has 0 bridgehead atoms. The molecule has 0 aromatic heterocycles. The van der Waals surface area contributed by atoms with Crippen LogP contribution in [0.3, 0.4) is 0 Å². The van der Waals surface area contributed by atoms with E-state index in [1.165, 1.54) is 0 Å². The van der Waals surface area contributed by atoms with E-state index in [-0.39, 0.29) is 28.3 Å². The molecule has 0 N–H and O–H groups in total. The summed E-state index contributed by atoms with van der Waals surface area (Å²) in [5, 5.41) is 0.111. The van der Waals surface area contributed by atoms with Crippen LogP contribution in [0.25, 0.3) is 0 Å². The van der Waals surface area contributed by atoms with E-state index < -0.39 is 5.51 Å². The minimum Gasteiger partial charge on any atom is -0.160 e. The number of rotatable bonds is 4. The summed E-state index contributed by atoms with van der Waals surface area (Å²) >= 11 is 6.48. The molecule has 0 aliphatic heterocycles. The van der Waals surface area contributed by atoms with E-state index in [1.807, 2.05) is 0 Å². The Morgan fingerprint density at radius 1 is 1.22 bits per heavy atom. The fraction of sp³-hybridized carbons (Fsp3) is 1.00. The van der Waals surface area contributed by atoms with E-state index in [1.54, 1.807) is 0 Å². The summed E-state index contributed by atoms with van der Waals surface area (Å²) in [4.78, 5) is 0. The highest BCUT2D eigenvalue weighted by Crippen LogP contribution is 2.45. The molecule has 1 aliphatic rings. The van der Waals surface area contributed by atoms with Crippen molar-refractivity contribution >= 4 is 23.4 Å². The van der Waals surface area contributed by atoms with Crippen LogP contribution in [-0.2, 0) is 0 Å². The summed E-state index contributed by atoms with van der Waals surface area (Å²) in [6, 6.07) is 0. The Hall–Kier alpha value is 0.430. The van der Waals surface area contributed by atoms with Gasteiger partial charge in [0.15, 0.2) is 0 Å². The summed E-state index contributed by atoms with van der Waals surface area (Å²) in [5.74, 6) is 1.11. The lowest BCUT2D eigenvalue weighted by atomic mass is 9.67. The number of hydrogen-bond donors (Lipinski definition) is 0. The van der Waals surface area contributed by atoms with Gasteiger partial charge in [-0.15, -0.1) is 11.6 Å². The lowest BCUT2D eigenvalue weighted by Gasteiger charge is -2.42. The van der Waals surface area contributed by atoms with Crippen LogP contribution in [0, 0.1) is 17.3 Å². The summed E-state index contributed by atoms with van der Waals surface area (Å²) in [7, 11) is 0. The van der Waals surface area contributed by atoms with Crippen LogP contribution in [0.4, 0.5) is 13.2 Å². The Labute approximate surface area is 117 Å². The fourth-order valence-corrected chi connectivity index (χ4v) is 4.44. The molecule has 0 radical (unpaired) electrons. The standard InChI is InChI=1S/C13H22ClF3S/c1-9-4-5-10(11(14)8-9)12(2,3)6-7-18-13(15,16)17/h9-11H,4-8H2,1-3H3. The van der Waals surface area contributed by atoms with Crippen LogP contribution < -0.4 is 0 Å². The maximum atomic E-state index is 12.1. The Kier molecular flexibility index (Phi) is 5.73. The van der Waals surface area contributed by atoms with E-state index in [2.05, 4.69) is 20.8 Å². The van der Waals surface area contributed by atoms with Crippen molar-refractivity contribution in [2.45, 2.75) is 57.3 Å². The first kappa shape index (κ1) is 16.5. The molecule has 1 saturated carbocycles. The van der Waals surface area contributed by atoms with Gasteiger partial charge in [-0.05, 0) is 36.5 Å². The summed E-state index contributed by atoms with van der Waals surface area (Å²) in [6.07, 6.45) is 3.74. The van der Waals surface area contributed by atoms with Gasteiger partial charge in [0.25, 0.3) is 0 Å². The average molecular weight is 303 g/mol. The van der Waals surface area contributed by atoms with Gasteiger partial charge in [0.1, 0.15) is 0 Å². The van der Waals surface area contributed by atoms with Gasteiger partial charge in [0, 0.05) is 11.1 Å². The number of halogens is 4. The van der Waals surface area contributed by atoms with Crippen LogP contribution in [0.5, 0.6) is 0 Å². The van der Waals surface area contributed by atoms with Gasteiger partial charge < -0.3 is 0 Å². The largest absolute Gasteiger partial charge is 0.441 e. The molecule has 3 atom stereocenters. The van der Waals surface area contributed by atoms with Gasteiger partial charge >= 0.3 is 5.51 Å². The zero-order valence-electron chi connectivity index (χ0n) is 11.2. The second-order valence-corrected chi connectivity index (χ2v) is 7.79. The highest BCUT2D eigenvalue weighted by molar-refractivity contribution is 8.00. The fourth-order valence-electron chi connectivity index (χ4n) is 2.81. The lowest BCUT2D eigenvalue weighted by molar-refractivity contribution is -0.0329. The smallest absolute Gasteiger partial charge is 0.160 e. The molecular weight excluding hydrogens is 281 g/mol. The maximum Gasteiger partial charge on any atom is 0.441 e. The van der Waals surface area contributed by atoms with E-state index in [0.29, 0.717) is 18.3 Å². The van der Waals surface area contributed by atoms with Crippen LogP contribution in [0.1, 0.15) is 46.5 Å². The average Bonchev–Trinajstić information content (AvgIpc) is 2.13. The zero-order chi connectivity index (χ0) is 14.0. The Balaban J connectivity index is 2.47. The van der Waals surface area contributed by atoms with Crippen LogP contribution in [0.2, 0.25) is 0 Å². The van der Waals surface area contributed by atoms with E-state index in [0.717, 1.165) is 19.3 Å². The molecule has 0 amide bonds. The number of thioether (sulfide) groups is 1. The topological polar surface area (TPSA) is 0 Å². The summed E-state index contributed by atoms with van der Waals surface area (Å²) in [6.45, 7) is 6.30. The number of hydrogen-bond acceptors (Lipinski definition) is 1. The minimum atomic E-state index is -4.11. The first-order chi connectivity index (χ1) is 8.12. The van der Waals surface area contributed by atoms with Crippen molar-refractivity contribution in [1.82, 2.24) is 0 Å². The number of alkyl halides is 4. The van der Waals surface area contributed by atoms with Crippen molar-refractivity contribution < 1.29 is 13.2 Å². The van der Waals surface area contributed by atoms with E-state index in [4.69, 9.17) is 11.6 Å². The summed E-state index contributed by atoms with van der Waals surface area (Å²) in [5.41, 5.74) is -4.22. The third kappa shape index (κ3) is 5.20. The molecule has 1 aliphatic carbocycles. The van der Waals surface area contributed by atoms with Gasteiger partial charge in [-0.25, -0.2) is 0 Å². The van der Waals surface area contributed by atoms with Gasteiger partial charge in [-0.2, -0.15) is 13.2 Å². The van der Waals surface area contributed by atoms with Crippen molar-refractivity contribution in [2.75, 3.05) is 5.75 Å². The SMILES string of the molecule is CC1CCC(C(C)(C)CCSC(F)(F)F)C(Cl)C1. The molecule has 108 valence electrons. The second-order valence-electron chi connectivity index (χ2n) is 6.07. The predicted octanol–water partition coefficient (Wildman–Crippen LogP) is 5.70. The second kappa shape index (κ2) is 6.25. The molecule has 0 heterocycles. The molecule has 1 rings (SSSR count). The van der Waals surface area contributed by atoms with Gasteiger partial charge in [0.2, 0.25) is 0 Å².